The van der Waals surface area contributed by atoms with Crippen LogP contribution in [0.25, 0.3) is 0 Å². The van der Waals surface area contributed by atoms with Crippen LogP contribution in [0.1, 0.15) is 73.6 Å². The van der Waals surface area contributed by atoms with Gasteiger partial charge in [-0.05, 0) is 45.6 Å². The summed E-state index contributed by atoms with van der Waals surface area (Å²) in [4.78, 5) is 70.6. The number of piperidine rings is 1. The topological polar surface area (TPSA) is 116 Å². The maximum absolute atomic E-state index is 13.3. The third-order valence-electron chi connectivity index (χ3n) is 6.46. The van der Waals surface area contributed by atoms with Crippen LogP contribution in [0.15, 0.2) is 11.6 Å². The van der Waals surface area contributed by atoms with Gasteiger partial charge in [-0.15, -0.1) is 5.06 Å². The summed E-state index contributed by atoms with van der Waals surface area (Å²) in [5.41, 5.74) is -0.379. The zero-order valence-electron chi connectivity index (χ0n) is 22.1. The largest absolute Gasteiger partial charge is 0.359 e. The third kappa shape index (κ3) is 7.37. The number of hydrogen-bond acceptors (Lipinski definition) is 7. The van der Waals surface area contributed by atoms with Gasteiger partial charge in [-0.2, -0.15) is 0 Å². The van der Waals surface area contributed by atoms with Crippen molar-refractivity contribution in [1.82, 2.24) is 20.2 Å². The zero-order chi connectivity index (χ0) is 26.5. The second-order valence-electron chi connectivity index (χ2n) is 10.7. The van der Waals surface area contributed by atoms with Crippen LogP contribution in [0.3, 0.4) is 0 Å². The summed E-state index contributed by atoms with van der Waals surface area (Å²) in [5, 5.41) is 3.49. The molecule has 1 unspecified atom stereocenters. The average molecular weight is 493 g/mol. The van der Waals surface area contributed by atoms with Crippen LogP contribution < -0.4 is 5.32 Å². The number of hydrogen-bond donors (Lipinski definition) is 1. The molecular weight excluding hydrogens is 452 g/mol. The lowest BCUT2D eigenvalue weighted by Crippen LogP contribution is -2.59. The van der Waals surface area contributed by atoms with Crippen molar-refractivity contribution in [3.8, 4) is 0 Å². The van der Waals surface area contributed by atoms with Gasteiger partial charge >= 0.3 is 5.97 Å². The molecule has 2 rings (SSSR count). The molecule has 4 amide bonds. The van der Waals surface area contributed by atoms with Gasteiger partial charge < -0.3 is 15.1 Å². The Morgan fingerprint density at radius 1 is 1.14 bits per heavy atom. The molecule has 1 N–H and O–H groups in total. The Labute approximate surface area is 208 Å². The first-order chi connectivity index (χ1) is 16.2. The van der Waals surface area contributed by atoms with Gasteiger partial charge in [-0.1, -0.05) is 33.3 Å². The highest BCUT2D eigenvalue weighted by Gasteiger charge is 2.38. The highest BCUT2D eigenvalue weighted by atomic mass is 16.7. The van der Waals surface area contributed by atoms with Gasteiger partial charge in [0, 0.05) is 38.0 Å². The number of amides is 4. The van der Waals surface area contributed by atoms with Gasteiger partial charge in [0.2, 0.25) is 11.8 Å². The van der Waals surface area contributed by atoms with Crippen molar-refractivity contribution in [2.45, 2.75) is 91.8 Å². The van der Waals surface area contributed by atoms with Gasteiger partial charge in [0.15, 0.2) is 0 Å². The smallest absolute Gasteiger partial charge is 0.342 e. The molecule has 10 heteroatoms. The minimum Gasteiger partial charge on any atom is -0.342 e. The van der Waals surface area contributed by atoms with Crippen LogP contribution in [0.2, 0.25) is 0 Å². The number of hydroxylamine groups is 2. The number of nitrogens with one attached hydrogen (secondary N) is 1. The van der Waals surface area contributed by atoms with Crippen molar-refractivity contribution >= 4 is 29.6 Å². The molecule has 2 saturated heterocycles. The van der Waals surface area contributed by atoms with E-state index in [9.17, 15) is 24.0 Å². The van der Waals surface area contributed by atoms with Crippen molar-refractivity contribution in [3.63, 3.8) is 0 Å². The molecule has 0 aromatic heterocycles. The Hall–Kier alpha value is -2.75. The zero-order valence-corrected chi connectivity index (χ0v) is 22.1. The second kappa shape index (κ2) is 11.8. The number of likely N-dealkylation sites (tertiary alicyclic amines) is 1. The molecule has 0 radical (unpaired) electrons. The maximum Gasteiger partial charge on any atom is 0.359 e. The van der Waals surface area contributed by atoms with E-state index in [0.717, 1.165) is 25.8 Å². The quantitative estimate of drug-likeness (QED) is 0.406. The van der Waals surface area contributed by atoms with E-state index in [4.69, 9.17) is 4.84 Å². The van der Waals surface area contributed by atoms with Crippen LogP contribution in [-0.2, 0) is 28.8 Å². The molecule has 2 fully saturated rings. The van der Waals surface area contributed by atoms with Crippen molar-refractivity contribution in [2.75, 3.05) is 20.1 Å². The lowest BCUT2D eigenvalue weighted by Gasteiger charge is -2.40. The number of nitrogens with zero attached hydrogens (tertiary/aromatic N) is 3. The predicted octanol–water partition coefficient (Wildman–Crippen LogP) is 1.79. The SMILES string of the molecule is C/C(=C\CN(C)C(=O)C(NC(=O)[C@H]1CCCCN1C(C)C)C(C)(C)C)C(=O)ON1C(=O)CCC1=O. The number of carbonyl (C=O) groups is 5. The summed E-state index contributed by atoms with van der Waals surface area (Å²) >= 11 is 0. The molecule has 2 aliphatic heterocycles. The number of likely N-dealkylation sites (N-methyl/N-ethyl adjacent to an activating group) is 1. The number of imide groups is 1. The molecule has 0 aromatic carbocycles. The Kier molecular flexibility index (Phi) is 9.60. The predicted molar refractivity (Wildman–Crippen MR) is 129 cm³/mol. The molecule has 35 heavy (non-hydrogen) atoms. The van der Waals surface area contributed by atoms with Gasteiger partial charge in [0.05, 0.1) is 6.04 Å². The van der Waals surface area contributed by atoms with Gasteiger partial charge in [0.1, 0.15) is 6.04 Å². The molecule has 0 bridgehead atoms. The average Bonchev–Trinajstić information content (AvgIpc) is 3.11. The van der Waals surface area contributed by atoms with Crippen LogP contribution in [-0.4, -0.2) is 82.7 Å². The highest BCUT2D eigenvalue weighted by Crippen LogP contribution is 2.24. The summed E-state index contributed by atoms with van der Waals surface area (Å²) in [7, 11) is 1.59. The fourth-order valence-electron chi connectivity index (χ4n) is 4.22. The fraction of sp³-hybridized carbons (Fsp3) is 0.720. The standard InChI is InChI=1S/C25H40N4O6/c1-16(2)28-14-9-8-10-18(28)22(32)26-21(25(4,5)6)23(33)27(7)15-13-17(3)24(34)35-29-19(30)11-12-20(29)31/h13,16,18,21H,8-12,14-15H2,1-7H3,(H,26,32)/b17-13+/t18-,21?/m1/s1. The summed E-state index contributed by atoms with van der Waals surface area (Å²) in [6.45, 7) is 12.3. The Balaban J connectivity index is 2.05. The van der Waals surface area contributed by atoms with Crippen molar-refractivity contribution < 1.29 is 28.8 Å². The first kappa shape index (κ1) is 28.5. The first-order valence-electron chi connectivity index (χ1n) is 12.3. The van der Waals surface area contributed by atoms with Crippen molar-refractivity contribution in [2.24, 2.45) is 5.41 Å². The number of rotatable bonds is 8. The number of carbonyl (C=O) groups excluding carboxylic acids is 5. The third-order valence-corrected chi connectivity index (χ3v) is 6.46. The summed E-state index contributed by atoms with van der Waals surface area (Å²) < 4.78 is 0. The molecular formula is C25H40N4O6. The van der Waals surface area contributed by atoms with Crippen LogP contribution in [0.5, 0.6) is 0 Å². The van der Waals surface area contributed by atoms with E-state index in [1.165, 1.54) is 17.9 Å². The molecule has 196 valence electrons. The summed E-state index contributed by atoms with van der Waals surface area (Å²) in [6.07, 6.45) is 4.32. The van der Waals surface area contributed by atoms with Crippen LogP contribution in [0, 0.1) is 5.41 Å². The van der Waals surface area contributed by atoms with Crippen molar-refractivity contribution in [1.29, 1.82) is 0 Å². The lowest BCUT2D eigenvalue weighted by atomic mass is 9.85. The summed E-state index contributed by atoms with van der Waals surface area (Å²) in [6, 6.07) is -0.785. The maximum atomic E-state index is 13.3. The second-order valence-corrected chi connectivity index (χ2v) is 10.7. The first-order valence-corrected chi connectivity index (χ1v) is 12.3. The normalized spacial score (nSPS) is 20.7. The molecule has 10 nitrogen and oxygen atoms in total. The van der Waals surface area contributed by atoms with Crippen LogP contribution >= 0.6 is 0 Å². The van der Waals surface area contributed by atoms with E-state index in [-0.39, 0.29) is 48.9 Å². The van der Waals surface area contributed by atoms with Gasteiger partial charge in [-0.3, -0.25) is 24.1 Å². The van der Waals surface area contributed by atoms with Crippen LogP contribution in [0.4, 0.5) is 0 Å². The van der Waals surface area contributed by atoms with Gasteiger partial charge in [0.25, 0.3) is 11.8 Å². The van der Waals surface area contributed by atoms with E-state index >= 15 is 0 Å². The molecule has 0 aromatic rings. The minimum absolute atomic E-state index is 0.0157. The van der Waals surface area contributed by atoms with Gasteiger partial charge in [-0.25, -0.2) is 4.79 Å². The fourth-order valence-corrected chi connectivity index (χ4v) is 4.22. The Morgan fingerprint density at radius 3 is 2.29 bits per heavy atom. The minimum atomic E-state index is -0.832. The van der Waals surface area contributed by atoms with E-state index in [0.29, 0.717) is 5.06 Å². The molecule has 0 spiro atoms. The van der Waals surface area contributed by atoms with E-state index in [1.54, 1.807) is 7.05 Å². The Morgan fingerprint density at radius 2 is 1.74 bits per heavy atom. The van der Waals surface area contributed by atoms with E-state index in [1.807, 2.05) is 20.8 Å². The molecule has 2 atom stereocenters. The van der Waals surface area contributed by atoms with Crippen molar-refractivity contribution in [3.05, 3.63) is 11.6 Å². The molecule has 2 heterocycles. The molecule has 0 saturated carbocycles. The Bertz CT molecular complexity index is 860. The van der Waals surface area contributed by atoms with E-state index < -0.39 is 29.2 Å². The highest BCUT2D eigenvalue weighted by molar-refractivity contribution is 6.02. The lowest BCUT2D eigenvalue weighted by molar-refractivity contribution is -0.194. The monoisotopic (exact) mass is 492 g/mol. The summed E-state index contributed by atoms with van der Waals surface area (Å²) in [5.74, 6) is -2.36. The molecule has 2 aliphatic rings. The van der Waals surface area contributed by atoms with E-state index in [2.05, 4.69) is 24.1 Å². The molecule has 0 aliphatic carbocycles.